The fourth-order valence-electron chi connectivity index (χ4n) is 2.29. The fraction of sp³-hybridized carbons (Fsp3) is 0.111. The van der Waals surface area contributed by atoms with Crippen LogP contribution in [0, 0.1) is 0 Å². The number of hydrogen-bond acceptors (Lipinski definition) is 4. The molecule has 0 spiro atoms. The molecule has 5 nitrogen and oxygen atoms in total. The molecule has 1 aromatic heterocycles. The summed E-state index contributed by atoms with van der Waals surface area (Å²) in [4.78, 5) is 0. The molecule has 0 unspecified atom stereocenters. The predicted molar refractivity (Wildman–Crippen MR) is 91.2 cm³/mol. The van der Waals surface area contributed by atoms with E-state index in [2.05, 4.69) is 10.3 Å². The van der Waals surface area contributed by atoms with Gasteiger partial charge in [0.05, 0.1) is 18.5 Å². The van der Waals surface area contributed by atoms with E-state index in [1.807, 2.05) is 66.7 Å². The van der Waals surface area contributed by atoms with E-state index in [1.54, 1.807) is 11.8 Å². The molecule has 0 fully saturated rings. The number of benzene rings is 2. The van der Waals surface area contributed by atoms with E-state index >= 15 is 0 Å². The maximum atomic E-state index is 5.79. The Morgan fingerprint density at radius 1 is 1.04 bits per heavy atom. The highest BCUT2D eigenvalue weighted by Gasteiger charge is 2.10. The molecule has 2 N–H and O–H groups in total. The molecule has 0 aliphatic heterocycles. The van der Waals surface area contributed by atoms with Gasteiger partial charge in [-0.2, -0.15) is 0 Å². The Hall–Kier alpha value is -2.92. The summed E-state index contributed by atoms with van der Waals surface area (Å²) in [6, 6.07) is 17.7. The van der Waals surface area contributed by atoms with Crippen molar-refractivity contribution in [2.75, 3.05) is 7.11 Å². The topological polar surface area (TPSA) is 66.0 Å². The lowest BCUT2D eigenvalue weighted by molar-refractivity contribution is 0.414. The number of nitrogens with two attached hydrogens (primary N) is 1. The Kier molecular flexibility index (Phi) is 4.49. The first-order valence-corrected chi connectivity index (χ1v) is 7.34. The third-order valence-electron chi connectivity index (χ3n) is 3.52. The molecule has 1 heterocycles. The summed E-state index contributed by atoms with van der Waals surface area (Å²) < 4.78 is 6.97. The minimum absolute atomic E-state index is 0.338. The number of aromatic nitrogens is 3. The minimum atomic E-state index is 0.338. The van der Waals surface area contributed by atoms with E-state index in [1.165, 1.54) is 0 Å². The van der Waals surface area contributed by atoms with Crippen molar-refractivity contribution < 1.29 is 4.74 Å². The van der Waals surface area contributed by atoms with Crippen molar-refractivity contribution in [2.24, 2.45) is 5.73 Å². The first-order valence-electron chi connectivity index (χ1n) is 7.34. The molecule has 5 heteroatoms. The van der Waals surface area contributed by atoms with Gasteiger partial charge in [-0.05, 0) is 35.9 Å². The molecule has 23 heavy (non-hydrogen) atoms. The van der Waals surface area contributed by atoms with Gasteiger partial charge in [0.1, 0.15) is 11.4 Å². The van der Waals surface area contributed by atoms with Gasteiger partial charge in [-0.1, -0.05) is 41.6 Å². The number of nitrogens with zero attached hydrogens (tertiary/aromatic N) is 3. The van der Waals surface area contributed by atoms with E-state index in [-0.39, 0.29) is 0 Å². The summed E-state index contributed by atoms with van der Waals surface area (Å²) in [5.74, 6) is 0.800. The van der Waals surface area contributed by atoms with Crippen molar-refractivity contribution in [2.45, 2.75) is 6.54 Å². The molecule has 0 radical (unpaired) electrons. The van der Waals surface area contributed by atoms with Gasteiger partial charge in [0.2, 0.25) is 0 Å². The zero-order chi connectivity index (χ0) is 16.1. The van der Waals surface area contributed by atoms with Crippen molar-refractivity contribution in [3.63, 3.8) is 0 Å². The highest BCUT2D eigenvalue weighted by molar-refractivity contribution is 5.69. The lowest BCUT2D eigenvalue weighted by atomic mass is 10.2. The zero-order valence-corrected chi connectivity index (χ0v) is 12.9. The van der Waals surface area contributed by atoms with Crippen LogP contribution < -0.4 is 10.5 Å². The van der Waals surface area contributed by atoms with E-state index in [0.29, 0.717) is 6.54 Å². The molecule has 0 aliphatic carbocycles. The summed E-state index contributed by atoms with van der Waals surface area (Å²) in [5.41, 5.74) is 9.44. The van der Waals surface area contributed by atoms with Gasteiger partial charge in [0, 0.05) is 6.54 Å². The fourth-order valence-corrected chi connectivity index (χ4v) is 2.29. The van der Waals surface area contributed by atoms with Crippen molar-refractivity contribution in [3.05, 3.63) is 71.5 Å². The quantitative estimate of drug-likeness (QED) is 0.787. The van der Waals surface area contributed by atoms with Gasteiger partial charge in [0.25, 0.3) is 0 Å². The summed E-state index contributed by atoms with van der Waals surface area (Å²) in [6.45, 7) is 0.338. The van der Waals surface area contributed by atoms with Crippen LogP contribution in [0.25, 0.3) is 17.8 Å². The molecule has 116 valence electrons. The predicted octanol–water partition coefficient (Wildman–Crippen LogP) is 2.91. The average Bonchev–Trinajstić information content (AvgIpc) is 3.04. The van der Waals surface area contributed by atoms with Crippen LogP contribution in [0.4, 0.5) is 0 Å². The summed E-state index contributed by atoms with van der Waals surface area (Å²) in [6.07, 6.45) is 4.01. The molecule has 3 rings (SSSR count). The molecule has 0 atom stereocenters. The van der Waals surface area contributed by atoms with Crippen LogP contribution in [0.3, 0.4) is 0 Å². The Bertz CT molecular complexity index is 792. The molecule has 0 aliphatic rings. The number of methoxy groups -OCH3 is 1. The van der Waals surface area contributed by atoms with Crippen LogP contribution in [-0.2, 0) is 6.54 Å². The lowest BCUT2D eigenvalue weighted by Crippen LogP contribution is -2.02. The maximum absolute atomic E-state index is 5.79. The van der Waals surface area contributed by atoms with Gasteiger partial charge in [-0.25, -0.2) is 4.68 Å². The van der Waals surface area contributed by atoms with Crippen LogP contribution in [-0.4, -0.2) is 22.1 Å². The normalized spacial score (nSPS) is 11.0. The molecule has 0 saturated carbocycles. The second kappa shape index (κ2) is 6.89. The lowest BCUT2D eigenvalue weighted by Gasteiger charge is -2.05. The Morgan fingerprint density at radius 3 is 2.43 bits per heavy atom. The second-order valence-electron chi connectivity index (χ2n) is 4.98. The van der Waals surface area contributed by atoms with Crippen LogP contribution in [0.1, 0.15) is 17.0 Å². The van der Waals surface area contributed by atoms with Crippen molar-refractivity contribution in [3.8, 4) is 11.4 Å². The molecule has 2 aromatic carbocycles. The zero-order valence-electron chi connectivity index (χ0n) is 12.9. The number of rotatable bonds is 5. The highest BCUT2D eigenvalue weighted by Crippen LogP contribution is 2.19. The average molecular weight is 306 g/mol. The molecule has 0 bridgehead atoms. The van der Waals surface area contributed by atoms with E-state index in [4.69, 9.17) is 10.5 Å². The SMILES string of the molecule is COc1ccc(-n2nnc(CN)c2/C=C/c2ccccc2)cc1. The smallest absolute Gasteiger partial charge is 0.119 e. The van der Waals surface area contributed by atoms with Crippen LogP contribution in [0.5, 0.6) is 5.75 Å². The maximum Gasteiger partial charge on any atom is 0.119 e. The third kappa shape index (κ3) is 3.30. The summed E-state index contributed by atoms with van der Waals surface area (Å²) >= 11 is 0. The van der Waals surface area contributed by atoms with E-state index < -0.39 is 0 Å². The van der Waals surface area contributed by atoms with Crippen LogP contribution >= 0.6 is 0 Å². The molecule has 3 aromatic rings. The van der Waals surface area contributed by atoms with Gasteiger partial charge in [-0.3, -0.25) is 0 Å². The highest BCUT2D eigenvalue weighted by atomic mass is 16.5. The summed E-state index contributed by atoms with van der Waals surface area (Å²) in [7, 11) is 1.64. The first-order chi connectivity index (χ1) is 11.3. The van der Waals surface area contributed by atoms with Crippen molar-refractivity contribution in [1.82, 2.24) is 15.0 Å². The van der Waals surface area contributed by atoms with Gasteiger partial charge in [-0.15, -0.1) is 5.10 Å². The third-order valence-corrected chi connectivity index (χ3v) is 3.52. The van der Waals surface area contributed by atoms with Crippen molar-refractivity contribution in [1.29, 1.82) is 0 Å². The standard InChI is InChI=1S/C18H18N4O/c1-23-16-10-8-15(9-11-16)22-18(17(13-19)20-21-22)12-7-14-5-3-2-4-6-14/h2-12H,13,19H2,1H3/b12-7+. The molecule has 0 amide bonds. The number of ether oxygens (including phenoxy) is 1. The first kappa shape index (κ1) is 15.0. The second-order valence-corrected chi connectivity index (χ2v) is 4.98. The number of hydrogen-bond donors (Lipinski definition) is 1. The minimum Gasteiger partial charge on any atom is -0.497 e. The Morgan fingerprint density at radius 2 is 1.78 bits per heavy atom. The van der Waals surface area contributed by atoms with Gasteiger partial charge < -0.3 is 10.5 Å². The van der Waals surface area contributed by atoms with Crippen LogP contribution in [0.15, 0.2) is 54.6 Å². The van der Waals surface area contributed by atoms with Gasteiger partial charge in [0.15, 0.2) is 0 Å². The van der Waals surface area contributed by atoms with Crippen molar-refractivity contribution >= 4 is 12.2 Å². The van der Waals surface area contributed by atoms with Crippen LogP contribution in [0.2, 0.25) is 0 Å². The molecular weight excluding hydrogens is 288 g/mol. The van der Waals surface area contributed by atoms with E-state index in [0.717, 1.165) is 28.4 Å². The van der Waals surface area contributed by atoms with Gasteiger partial charge >= 0.3 is 0 Å². The Balaban J connectivity index is 1.98. The Labute approximate surface area is 135 Å². The summed E-state index contributed by atoms with van der Waals surface area (Å²) in [5, 5.41) is 8.39. The molecular formula is C18H18N4O. The largest absolute Gasteiger partial charge is 0.497 e. The molecule has 0 saturated heterocycles. The monoisotopic (exact) mass is 306 g/mol. The van der Waals surface area contributed by atoms with E-state index in [9.17, 15) is 0 Å².